The maximum atomic E-state index is 11.9. The quantitative estimate of drug-likeness (QED) is 0.924. The van der Waals surface area contributed by atoms with Gasteiger partial charge in [-0.05, 0) is 30.7 Å². The molecule has 6 nitrogen and oxygen atoms in total. The lowest BCUT2D eigenvalue weighted by molar-refractivity contribution is -0.133. The van der Waals surface area contributed by atoms with Gasteiger partial charge in [-0.25, -0.2) is 4.79 Å². The summed E-state index contributed by atoms with van der Waals surface area (Å²) >= 11 is 0. The van der Waals surface area contributed by atoms with Crippen LogP contribution in [0.3, 0.4) is 0 Å². The van der Waals surface area contributed by atoms with Crippen molar-refractivity contribution in [2.75, 3.05) is 13.9 Å². The average Bonchev–Trinajstić information content (AvgIpc) is 3.06. The Hall–Kier alpha value is -3.15. The molecule has 2 aliphatic heterocycles. The van der Waals surface area contributed by atoms with E-state index < -0.39 is 11.9 Å². The highest BCUT2D eigenvalue weighted by atomic mass is 16.7. The lowest BCUT2D eigenvalue weighted by Gasteiger charge is -2.28. The molecule has 2 aromatic rings. The van der Waals surface area contributed by atoms with Crippen molar-refractivity contribution in [1.82, 2.24) is 0 Å². The van der Waals surface area contributed by atoms with Gasteiger partial charge in [0.25, 0.3) is 0 Å². The van der Waals surface area contributed by atoms with Crippen LogP contribution in [0.2, 0.25) is 0 Å². The van der Waals surface area contributed by atoms with Gasteiger partial charge in [0.15, 0.2) is 11.5 Å². The summed E-state index contributed by atoms with van der Waals surface area (Å²) in [7, 11) is 1.59. The number of carbonyl (C=O) groups is 1. The summed E-state index contributed by atoms with van der Waals surface area (Å²) in [6.45, 7) is 1.80. The van der Waals surface area contributed by atoms with Crippen LogP contribution < -0.4 is 18.9 Å². The maximum Gasteiger partial charge on any atom is 0.335 e. The van der Waals surface area contributed by atoms with Crippen molar-refractivity contribution in [2.45, 2.75) is 12.8 Å². The van der Waals surface area contributed by atoms with Gasteiger partial charge in [-0.3, -0.25) is 0 Å². The van der Waals surface area contributed by atoms with Gasteiger partial charge in [0, 0.05) is 17.5 Å². The molecule has 0 saturated carbocycles. The molecule has 0 bridgehead atoms. The number of ether oxygens (including phenoxy) is 4. The minimum atomic E-state index is -1.01. The van der Waals surface area contributed by atoms with Crippen molar-refractivity contribution >= 4 is 5.97 Å². The smallest absolute Gasteiger partial charge is 0.335 e. The Labute approximate surface area is 144 Å². The largest absolute Gasteiger partial charge is 0.497 e. The average molecular weight is 340 g/mol. The first-order valence-corrected chi connectivity index (χ1v) is 7.78. The first kappa shape index (κ1) is 15.4. The summed E-state index contributed by atoms with van der Waals surface area (Å²) in [6, 6.07) is 10.9. The van der Waals surface area contributed by atoms with Crippen LogP contribution in [0, 0.1) is 0 Å². The molecule has 0 spiro atoms. The fourth-order valence-corrected chi connectivity index (χ4v) is 3.25. The second-order valence-electron chi connectivity index (χ2n) is 5.83. The number of carboxylic acids is 1. The zero-order valence-corrected chi connectivity index (χ0v) is 13.7. The Morgan fingerprint density at radius 2 is 1.80 bits per heavy atom. The van der Waals surface area contributed by atoms with E-state index in [1.165, 1.54) is 0 Å². The van der Waals surface area contributed by atoms with E-state index in [9.17, 15) is 9.90 Å². The van der Waals surface area contributed by atoms with E-state index in [0.717, 1.165) is 11.1 Å². The predicted molar refractivity (Wildman–Crippen MR) is 88.4 cm³/mol. The Morgan fingerprint density at radius 1 is 1.12 bits per heavy atom. The number of hydrogen-bond acceptors (Lipinski definition) is 5. The standard InChI is InChI=1S/C19H16O6/c1-10-17(19(20)21)18(11-3-5-12(22-2)6-4-11)13-7-15-16(24-9-23-15)8-14(13)25-10/h3-8,18H,9H2,1-2H3,(H,20,21). The first-order chi connectivity index (χ1) is 12.1. The van der Waals surface area contributed by atoms with Gasteiger partial charge in [-0.1, -0.05) is 12.1 Å². The fourth-order valence-electron chi connectivity index (χ4n) is 3.25. The third-order valence-electron chi connectivity index (χ3n) is 4.43. The molecule has 0 aromatic heterocycles. The molecule has 2 heterocycles. The Kier molecular flexibility index (Phi) is 3.53. The molecule has 2 aliphatic rings. The number of aliphatic carboxylic acids is 1. The number of carboxylic acid groups (broad SMARTS) is 1. The van der Waals surface area contributed by atoms with Crippen molar-refractivity contribution in [3.05, 3.63) is 58.9 Å². The fraction of sp³-hybridized carbons (Fsp3) is 0.211. The lowest BCUT2D eigenvalue weighted by atomic mass is 9.82. The molecule has 0 fully saturated rings. The normalized spacial score (nSPS) is 17.8. The second kappa shape index (κ2) is 5.73. The van der Waals surface area contributed by atoms with Crippen LogP contribution in [-0.4, -0.2) is 25.0 Å². The molecule has 4 rings (SSSR count). The highest BCUT2D eigenvalue weighted by molar-refractivity contribution is 5.91. The van der Waals surface area contributed by atoms with Crippen molar-refractivity contribution in [3.8, 4) is 23.0 Å². The van der Waals surface area contributed by atoms with Crippen molar-refractivity contribution in [2.24, 2.45) is 0 Å². The molecule has 6 heteroatoms. The summed E-state index contributed by atoms with van der Waals surface area (Å²) in [4.78, 5) is 11.9. The van der Waals surface area contributed by atoms with Gasteiger partial charge in [-0.2, -0.15) is 0 Å². The van der Waals surface area contributed by atoms with Crippen molar-refractivity contribution < 1.29 is 28.8 Å². The number of rotatable bonds is 3. The van der Waals surface area contributed by atoms with E-state index in [0.29, 0.717) is 28.8 Å². The highest BCUT2D eigenvalue weighted by Gasteiger charge is 2.35. The molecule has 1 unspecified atom stereocenters. The molecular formula is C19H16O6. The molecule has 0 radical (unpaired) electrons. The topological polar surface area (TPSA) is 74.2 Å². The van der Waals surface area contributed by atoms with Gasteiger partial charge in [0.1, 0.15) is 17.3 Å². The lowest BCUT2D eigenvalue weighted by Crippen LogP contribution is -2.21. The first-order valence-electron chi connectivity index (χ1n) is 7.78. The highest BCUT2D eigenvalue weighted by Crippen LogP contribution is 2.48. The minimum Gasteiger partial charge on any atom is -0.497 e. The van der Waals surface area contributed by atoms with E-state index in [4.69, 9.17) is 18.9 Å². The van der Waals surface area contributed by atoms with Crippen LogP contribution in [0.1, 0.15) is 24.0 Å². The van der Waals surface area contributed by atoms with E-state index in [2.05, 4.69) is 0 Å². The molecule has 25 heavy (non-hydrogen) atoms. The van der Waals surface area contributed by atoms with Gasteiger partial charge in [0.2, 0.25) is 6.79 Å². The summed E-state index contributed by atoms with van der Waals surface area (Å²) < 4.78 is 21.8. The molecule has 2 aromatic carbocycles. The van der Waals surface area contributed by atoms with Gasteiger partial charge in [-0.15, -0.1) is 0 Å². The van der Waals surface area contributed by atoms with Gasteiger partial charge in [0.05, 0.1) is 12.7 Å². The Morgan fingerprint density at radius 3 is 2.44 bits per heavy atom. The molecule has 128 valence electrons. The number of hydrogen-bond donors (Lipinski definition) is 1. The molecule has 0 saturated heterocycles. The van der Waals surface area contributed by atoms with Crippen molar-refractivity contribution in [1.29, 1.82) is 0 Å². The van der Waals surface area contributed by atoms with E-state index in [-0.39, 0.29) is 12.4 Å². The van der Waals surface area contributed by atoms with Gasteiger partial charge >= 0.3 is 5.97 Å². The number of methoxy groups -OCH3 is 1. The summed E-state index contributed by atoms with van der Waals surface area (Å²) in [6.07, 6.45) is 0. The molecule has 0 amide bonds. The summed E-state index contributed by atoms with van der Waals surface area (Å²) in [5, 5.41) is 9.74. The zero-order valence-electron chi connectivity index (χ0n) is 13.7. The van der Waals surface area contributed by atoms with E-state index in [1.807, 2.05) is 24.3 Å². The van der Waals surface area contributed by atoms with Crippen LogP contribution >= 0.6 is 0 Å². The molecule has 0 aliphatic carbocycles. The molecule has 1 N–H and O–H groups in total. The van der Waals surface area contributed by atoms with Crippen LogP contribution in [-0.2, 0) is 4.79 Å². The third-order valence-corrected chi connectivity index (χ3v) is 4.43. The maximum absolute atomic E-state index is 11.9. The Balaban J connectivity index is 1.90. The van der Waals surface area contributed by atoms with Gasteiger partial charge < -0.3 is 24.1 Å². The minimum absolute atomic E-state index is 0.142. The number of benzene rings is 2. The summed E-state index contributed by atoms with van der Waals surface area (Å²) in [5.74, 6) is 1.35. The number of fused-ring (bicyclic) bond motifs is 2. The van der Waals surface area contributed by atoms with Crippen LogP contribution in [0.15, 0.2) is 47.7 Å². The van der Waals surface area contributed by atoms with E-state index in [1.54, 1.807) is 26.2 Å². The van der Waals surface area contributed by atoms with Crippen LogP contribution in [0.5, 0.6) is 23.0 Å². The van der Waals surface area contributed by atoms with Crippen molar-refractivity contribution in [3.63, 3.8) is 0 Å². The monoisotopic (exact) mass is 340 g/mol. The van der Waals surface area contributed by atoms with E-state index >= 15 is 0 Å². The Bertz CT molecular complexity index is 882. The molecule has 1 atom stereocenters. The van der Waals surface area contributed by atoms with Crippen LogP contribution in [0.25, 0.3) is 0 Å². The molecular weight excluding hydrogens is 324 g/mol. The zero-order chi connectivity index (χ0) is 17.6. The third kappa shape index (κ3) is 2.46. The SMILES string of the molecule is COc1ccc(C2C(C(=O)O)=C(C)Oc3cc4c(cc32)OCO4)cc1. The number of allylic oxidation sites excluding steroid dienone is 1. The summed E-state index contributed by atoms with van der Waals surface area (Å²) in [5.41, 5.74) is 1.77. The second-order valence-corrected chi connectivity index (χ2v) is 5.83. The predicted octanol–water partition coefficient (Wildman–Crippen LogP) is 3.31. The van der Waals surface area contributed by atoms with Crippen LogP contribution in [0.4, 0.5) is 0 Å².